The number of hydrogen-bond donors (Lipinski definition) is 0. The first kappa shape index (κ1) is 14.0. The van der Waals surface area contributed by atoms with Gasteiger partial charge >= 0.3 is 0 Å². The highest BCUT2D eigenvalue weighted by Gasteiger charge is 2.32. The van der Waals surface area contributed by atoms with Gasteiger partial charge in [0.1, 0.15) is 5.75 Å². The van der Waals surface area contributed by atoms with Gasteiger partial charge in [-0.3, -0.25) is 0 Å². The standard InChI is InChI=1S/C17H16BrClO/c1-17(2)10-20-15-8-7-11(9-13(15)17)16(19)12-5-3-4-6-14(12)18/h3-9,16H,10H2,1-2H3. The second kappa shape index (κ2) is 5.09. The van der Waals surface area contributed by atoms with Crippen molar-refractivity contribution >= 4 is 27.5 Å². The summed E-state index contributed by atoms with van der Waals surface area (Å²) in [5.74, 6) is 0.981. The Bertz CT molecular complexity index is 651. The molecule has 1 aliphatic rings. The molecule has 1 aliphatic heterocycles. The van der Waals surface area contributed by atoms with E-state index in [2.05, 4.69) is 48.0 Å². The van der Waals surface area contributed by atoms with Crippen molar-refractivity contribution < 1.29 is 4.74 Å². The Morgan fingerprint density at radius 1 is 1.20 bits per heavy atom. The lowest BCUT2D eigenvalue weighted by molar-refractivity contribution is 0.291. The molecule has 1 unspecified atom stereocenters. The second-order valence-corrected chi connectivity index (χ2v) is 7.10. The molecule has 0 saturated heterocycles. The van der Waals surface area contributed by atoms with Gasteiger partial charge in [-0.2, -0.15) is 0 Å². The molecule has 2 aromatic rings. The number of rotatable bonds is 2. The number of fused-ring (bicyclic) bond motifs is 1. The molecule has 0 fully saturated rings. The van der Waals surface area contributed by atoms with Gasteiger partial charge in [0.05, 0.1) is 12.0 Å². The molecule has 20 heavy (non-hydrogen) atoms. The number of ether oxygens (including phenoxy) is 1. The van der Waals surface area contributed by atoms with Crippen molar-refractivity contribution in [1.82, 2.24) is 0 Å². The zero-order chi connectivity index (χ0) is 14.3. The molecule has 104 valence electrons. The fourth-order valence-corrected chi connectivity index (χ4v) is 3.53. The quantitative estimate of drug-likeness (QED) is 0.654. The number of halogens is 2. The summed E-state index contributed by atoms with van der Waals surface area (Å²) in [6, 6.07) is 14.3. The predicted molar refractivity (Wildman–Crippen MR) is 86.8 cm³/mol. The molecule has 0 saturated carbocycles. The van der Waals surface area contributed by atoms with Crippen molar-refractivity contribution in [1.29, 1.82) is 0 Å². The maximum absolute atomic E-state index is 6.66. The van der Waals surface area contributed by atoms with Crippen LogP contribution >= 0.6 is 27.5 Å². The number of hydrogen-bond acceptors (Lipinski definition) is 1. The average molecular weight is 352 g/mol. The molecular weight excluding hydrogens is 336 g/mol. The predicted octanol–water partition coefficient (Wildman–Crippen LogP) is 5.45. The van der Waals surface area contributed by atoms with Crippen LogP contribution in [0, 0.1) is 0 Å². The zero-order valence-electron chi connectivity index (χ0n) is 11.5. The van der Waals surface area contributed by atoms with Crippen molar-refractivity contribution in [2.45, 2.75) is 24.6 Å². The fourth-order valence-electron chi connectivity index (χ4n) is 2.56. The normalized spacial score (nSPS) is 17.4. The summed E-state index contributed by atoms with van der Waals surface area (Å²) >= 11 is 10.2. The summed E-state index contributed by atoms with van der Waals surface area (Å²) in [7, 11) is 0. The first-order valence-corrected chi connectivity index (χ1v) is 7.88. The van der Waals surface area contributed by atoms with E-state index in [0.29, 0.717) is 0 Å². The molecule has 3 rings (SSSR count). The van der Waals surface area contributed by atoms with Gasteiger partial charge in [0, 0.05) is 15.5 Å². The minimum Gasteiger partial charge on any atom is -0.492 e. The molecule has 1 heterocycles. The first-order valence-electron chi connectivity index (χ1n) is 6.65. The molecule has 0 radical (unpaired) electrons. The Kier molecular flexibility index (Phi) is 3.55. The van der Waals surface area contributed by atoms with Gasteiger partial charge in [-0.15, -0.1) is 11.6 Å². The molecule has 3 heteroatoms. The lowest BCUT2D eigenvalue weighted by atomic mass is 9.85. The number of alkyl halides is 1. The van der Waals surface area contributed by atoms with Crippen LogP contribution in [0.25, 0.3) is 0 Å². The van der Waals surface area contributed by atoms with Crippen molar-refractivity contribution in [2.75, 3.05) is 6.61 Å². The maximum Gasteiger partial charge on any atom is 0.123 e. The number of benzene rings is 2. The highest BCUT2D eigenvalue weighted by molar-refractivity contribution is 9.10. The second-order valence-electron chi connectivity index (χ2n) is 5.81. The van der Waals surface area contributed by atoms with Crippen LogP contribution in [0.5, 0.6) is 5.75 Å². The molecule has 0 bridgehead atoms. The van der Waals surface area contributed by atoms with E-state index in [0.717, 1.165) is 28.0 Å². The van der Waals surface area contributed by atoms with E-state index < -0.39 is 0 Å². The Labute approximate surface area is 133 Å². The van der Waals surface area contributed by atoms with E-state index in [1.165, 1.54) is 5.56 Å². The third-order valence-electron chi connectivity index (χ3n) is 3.79. The van der Waals surface area contributed by atoms with Crippen LogP contribution in [0.4, 0.5) is 0 Å². The molecule has 2 aromatic carbocycles. The van der Waals surface area contributed by atoms with Crippen molar-refractivity contribution in [3.8, 4) is 5.75 Å². The van der Waals surface area contributed by atoms with Crippen LogP contribution in [0.3, 0.4) is 0 Å². The van der Waals surface area contributed by atoms with E-state index in [4.69, 9.17) is 16.3 Å². The van der Waals surface area contributed by atoms with E-state index in [1.54, 1.807) is 0 Å². The van der Waals surface area contributed by atoms with Gasteiger partial charge in [-0.1, -0.05) is 54.0 Å². The molecule has 0 spiro atoms. The third kappa shape index (κ3) is 2.36. The molecule has 0 aromatic heterocycles. The van der Waals surface area contributed by atoms with Gasteiger partial charge in [-0.25, -0.2) is 0 Å². The smallest absolute Gasteiger partial charge is 0.123 e. The minimum atomic E-state index is -0.160. The molecule has 1 atom stereocenters. The summed E-state index contributed by atoms with van der Waals surface area (Å²) < 4.78 is 6.76. The van der Waals surface area contributed by atoms with E-state index in [1.807, 2.05) is 24.3 Å². The molecule has 0 aliphatic carbocycles. The van der Waals surface area contributed by atoms with Crippen molar-refractivity contribution in [3.63, 3.8) is 0 Å². The third-order valence-corrected chi connectivity index (χ3v) is 5.00. The van der Waals surface area contributed by atoms with E-state index >= 15 is 0 Å². The van der Waals surface area contributed by atoms with Crippen molar-refractivity contribution in [3.05, 3.63) is 63.6 Å². The fraction of sp³-hybridized carbons (Fsp3) is 0.294. The van der Waals surface area contributed by atoms with Gasteiger partial charge in [0.2, 0.25) is 0 Å². The molecular formula is C17H16BrClO. The first-order chi connectivity index (χ1) is 9.49. The lowest BCUT2D eigenvalue weighted by Gasteiger charge is -2.18. The summed E-state index contributed by atoms with van der Waals surface area (Å²) in [5, 5.41) is -0.160. The summed E-state index contributed by atoms with van der Waals surface area (Å²) in [4.78, 5) is 0. The van der Waals surface area contributed by atoms with Crippen LogP contribution in [0.1, 0.15) is 35.9 Å². The lowest BCUT2D eigenvalue weighted by Crippen LogP contribution is -2.18. The largest absolute Gasteiger partial charge is 0.492 e. The summed E-state index contributed by atoms with van der Waals surface area (Å²) in [5.41, 5.74) is 3.49. The molecule has 0 amide bonds. The SMILES string of the molecule is CC1(C)COc2ccc(C(Cl)c3ccccc3Br)cc21. The highest BCUT2D eigenvalue weighted by Crippen LogP contribution is 2.42. The van der Waals surface area contributed by atoms with Gasteiger partial charge in [0.15, 0.2) is 0 Å². The highest BCUT2D eigenvalue weighted by atomic mass is 79.9. The Morgan fingerprint density at radius 2 is 1.95 bits per heavy atom. The Morgan fingerprint density at radius 3 is 2.70 bits per heavy atom. The maximum atomic E-state index is 6.66. The Hall–Kier alpha value is -0.990. The van der Waals surface area contributed by atoms with E-state index in [-0.39, 0.29) is 10.8 Å². The van der Waals surface area contributed by atoms with E-state index in [9.17, 15) is 0 Å². The van der Waals surface area contributed by atoms with Crippen LogP contribution in [-0.4, -0.2) is 6.61 Å². The van der Waals surface area contributed by atoms with Gasteiger partial charge in [-0.05, 0) is 29.3 Å². The monoisotopic (exact) mass is 350 g/mol. The summed E-state index contributed by atoms with van der Waals surface area (Å²) in [6.07, 6.45) is 0. The topological polar surface area (TPSA) is 9.23 Å². The Balaban J connectivity index is 2.02. The van der Waals surface area contributed by atoms with Crippen molar-refractivity contribution in [2.24, 2.45) is 0 Å². The summed E-state index contributed by atoms with van der Waals surface area (Å²) in [6.45, 7) is 5.13. The van der Waals surface area contributed by atoms with Gasteiger partial charge in [0.25, 0.3) is 0 Å². The van der Waals surface area contributed by atoms with Gasteiger partial charge < -0.3 is 4.74 Å². The van der Waals surface area contributed by atoms with Crippen LogP contribution in [-0.2, 0) is 5.41 Å². The minimum absolute atomic E-state index is 0.0515. The molecule has 1 nitrogen and oxygen atoms in total. The van der Waals surface area contributed by atoms with Crippen LogP contribution < -0.4 is 4.74 Å². The van der Waals surface area contributed by atoms with Crippen LogP contribution in [0.15, 0.2) is 46.9 Å². The van der Waals surface area contributed by atoms with Crippen LogP contribution in [0.2, 0.25) is 0 Å². The molecule has 0 N–H and O–H groups in total. The average Bonchev–Trinajstić information content (AvgIpc) is 2.74. The zero-order valence-corrected chi connectivity index (χ0v) is 13.8.